The lowest BCUT2D eigenvalue weighted by molar-refractivity contribution is -0.125. The second-order valence-electron chi connectivity index (χ2n) is 8.40. The van der Waals surface area contributed by atoms with Crippen molar-refractivity contribution in [1.29, 1.82) is 0 Å². The number of halogens is 1. The van der Waals surface area contributed by atoms with Crippen molar-refractivity contribution in [3.8, 4) is 0 Å². The summed E-state index contributed by atoms with van der Waals surface area (Å²) in [5, 5.41) is 3.25. The summed E-state index contributed by atoms with van der Waals surface area (Å²) in [6, 6.07) is 13.1. The van der Waals surface area contributed by atoms with Crippen LogP contribution < -0.4 is 5.32 Å². The molecule has 31 heavy (non-hydrogen) atoms. The largest absolute Gasteiger partial charge is 0.383 e. The van der Waals surface area contributed by atoms with Crippen molar-refractivity contribution in [1.82, 2.24) is 10.2 Å². The molecule has 2 atom stereocenters. The molecule has 6 heteroatoms. The van der Waals surface area contributed by atoms with E-state index in [1.807, 2.05) is 18.2 Å². The van der Waals surface area contributed by atoms with Gasteiger partial charge < -0.3 is 15.0 Å². The Morgan fingerprint density at radius 1 is 1.10 bits per heavy atom. The highest BCUT2D eigenvalue weighted by Gasteiger charge is 2.44. The Labute approximate surface area is 182 Å². The Morgan fingerprint density at radius 2 is 1.81 bits per heavy atom. The minimum Gasteiger partial charge on any atom is -0.383 e. The second kappa shape index (κ2) is 9.60. The molecule has 4 rings (SSSR count). The first-order chi connectivity index (χ1) is 15.1. The van der Waals surface area contributed by atoms with Crippen LogP contribution in [0.5, 0.6) is 0 Å². The smallest absolute Gasteiger partial charge is 0.254 e. The molecule has 5 nitrogen and oxygen atoms in total. The highest BCUT2D eigenvalue weighted by molar-refractivity contribution is 6.01. The monoisotopic (exact) mass is 424 g/mol. The van der Waals surface area contributed by atoms with Gasteiger partial charge in [0.05, 0.1) is 18.6 Å². The minimum atomic E-state index is -0.571. The number of rotatable bonds is 6. The number of nitrogens with zero attached hydrogens (tertiary/aromatic N) is 1. The van der Waals surface area contributed by atoms with Crippen LogP contribution in [0.25, 0.3) is 0 Å². The predicted molar refractivity (Wildman–Crippen MR) is 116 cm³/mol. The minimum absolute atomic E-state index is 0.0800. The van der Waals surface area contributed by atoms with Crippen LogP contribution in [0.1, 0.15) is 65.5 Å². The first kappa shape index (κ1) is 21.5. The van der Waals surface area contributed by atoms with Gasteiger partial charge in [0.2, 0.25) is 5.91 Å². The molecule has 0 radical (unpaired) electrons. The van der Waals surface area contributed by atoms with Crippen molar-refractivity contribution >= 4 is 11.8 Å². The van der Waals surface area contributed by atoms with Gasteiger partial charge in [0.15, 0.2) is 0 Å². The van der Waals surface area contributed by atoms with Crippen LogP contribution in [0.3, 0.4) is 0 Å². The van der Waals surface area contributed by atoms with Crippen molar-refractivity contribution in [2.24, 2.45) is 0 Å². The fourth-order valence-corrected chi connectivity index (χ4v) is 4.88. The van der Waals surface area contributed by atoms with Crippen LogP contribution in [-0.4, -0.2) is 43.0 Å². The SMILES string of the molecule is COCCN1C(=O)c2ccccc2[C@@H](C(=O)NC2CCCCC2)[C@H]1c1ccc(F)cc1. The van der Waals surface area contributed by atoms with Gasteiger partial charge in [0, 0.05) is 25.3 Å². The fraction of sp³-hybridized carbons (Fsp3) is 0.440. The quantitative estimate of drug-likeness (QED) is 0.756. The lowest BCUT2D eigenvalue weighted by Gasteiger charge is -2.42. The molecule has 1 N–H and O–H groups in total. The van der Waals surface area contributed by atoms with Crippen LogP contribution in [0.4, 0.5) is 4.39 Å². The van der Waals surface area contributed by atoms with Gasteiger partial charge in [-0.2, -0.15) is 0 Å². The third-order valence-electron chi connectivity index (χ3n) is 6.42. The Morgan fingerprint density at radius 3 is 2.52 bits per heavy atom. The fourth-order valence-electron chi connectivity index (χ4n) is 4.88. The van der Waals surface area contributed by atoms with E-state index in [1.54, 1.807) is 30.2 Å². The van der Waals surface area contributed by atoms with E-state index < -0.39 is 12.0 Å². The number of ether oxygens (including phenoxy) is 1. The van der Waals surface area contributed by atoms with Crippen molar-refractivity contribution < 1.29 is 18.7 Å². The molecule has 164 valence electrons. The number of hydrogen-bond acceptors (Lipinski definition) is 3. The van der Waals surface area contributed by atoms with Crippen LogP contribution in [-0.2, 0) is 9.53 Å². The molecular weight excluding hydrogens is 395 g/mol. The zero-order valence-corrected chi connectivity index (χ0v) is 17.9. The molecule has 1 heterocycles. The first-order valence-corrected chi connectivity index (χ1v) is 11.0. The lowest BCUT2D eigenvalue weighted by atomic mass is 9.78. The number of carbonyl (C=O) groups excluding carboxylic acids is 2. The Bertz CT molecular complexity index is 925. The van der Waals surface area contributed by atoms with Crippen molar-refractivity contribution in [3.63, 3.8) is 0 Å². The lowest BCUT2D eigenvalue weighted by Crippen LogP contribution is -2.50. The molecule has 1 aliphatic carbocycles. The summed E-state index contributed by atoms with van der Waals surface area (Å²) in [7, 11) is 1.59. The van der Waals surface area contributed by atoms with Gasteiger partial charge in [0.1, 0.15) is 5.82 Å². The van der Waals surface area contributed by atoms with Crippen LogP contribution in [0.2, 0.25) is 0 Å². The number of amides is 2. The molecule has 2 aromatic rings. The molecule has 1 fully saturated rings. The maximum atomic E-state index is 13.7. The molecule has 0 spiro atoms. The number of fused-ring (bicyclic) bond motifs is 1. The summed E-state index contributed by atoms with van der Waals surface area (Å²) in [6.45, 7) is 0.696. The first-order valence-electron chi connectivity index (χ1n) is 11.0. The third kappa shape index (κ3) is 4.49. The maximum Gasteiger partial charge on any atom is 0.254 e. The van der Waals surface area contributed by atoms with E-state index in [2.05, 4.69) is 5.32 Å². The van der Waals surface area contributed by atoms with Crippen molar-refractivity contribution in [2.75, 3.05) is 20.3 Å². The molecule has 2 aromatic carbocycles. The maximum absolute atomic E-state index is 13.7. The van der Waals surface area contributed by atoms with Crippen LogP contribution in [0, 0.1) is 5.82 Å². The summed E-state index contributed by atoms with van der Waals surface area (Å²) in [5.41, 5.74) is 2.01. The van der Waals surface area contributed by atoms with Crippen LogP contribution in [0.15, 0.2) is 48.5 Å². The van der Waals surface area contributed by atoms with E-state index in [-0.39, 0.29) is 23.7 Å². The van der Waals surface area contributed by atoms with E-state index in [0.717, 1.165) is 36.8 Å². The molecular formula is C25H29FN2O3. The summed E-state index contributed by atoms with van der Waals surface area (Å²) in [5.74, 6) is -1.14. The molecule has 0 aromatic heterocycles. The highest BCUT2D eigenvalue weighted by Crippen LogP contribution is 2.43. The molecule has 2 amide bonds. The summed E-state index contributed by atoms with van der Waals surface area (Å²) in [6.07, 6.45) is 5.40. The zero-order valence-electron chi connectivity index (χ0n) is 17.9. The molecule has 0 unspecified atom stereocenters. The van der Waals surface area contributed by atoms with Crippen molar-refractivity contribution in [2.45, 2.75) is 50.1 Å². The number of hydrogen-bond donors (Lipinski definition) is 1. The summed E-state index contributed by atoms with van der Waals surface area (Å²) < 4.78 is 18.9. The van der Waals surface area contributed by atoms with Gasteiger partial charge in [-0.25, -0.2) is 4.39 Å². The van der Waals surface area contributed by atoms with Gasteiger partial charge in [0.25, 0.3) is 5.91 Å². The third-order valence-corrected chi connectivity index (χ3v) is 6.42. The van der Waals surface area contributed by atoms with Gasteiger partial charge >= 0.3 is 0 Å². The van der Waals surface area contributed by atoms with Crippen LogP contribution >= 0.6 is 0 Å². The molecule has 1 saturated carbocycles. The number of nitrogens with one attached hydrogen (secondary N) is 1. The Hall–Kier alpha value is -2.73. The van der Waals surface area contributed by atoms with Gasteiger partial charge in [-0.3, -0.25) is 9.59 Å². The molecule has 2 aliphatic rings. The predicted octanol–water partition coefficient (Wildman–Crippen LogP) is 4.20. The average Bonchev–Trinajstić information content (AvgIpc) is 2.79. The zero-order chi connectivity index (χ0) is 21.8. The second-order valence-corrected chi connectivity index (χ2v) is 8.40. The van der Waals surface area contributed by atoms with Gasteiger partial charge in [-0.1, -0.05) is 49.6 Å². The van der Waals surface area contributed by atoms with E-state index in [1.165, 1.54) is 18.6 Å². The standard InChI is InChI=1S/C25H29FN2O3/c1-31-16-15-28-23(17-11-13-18(26)14-12-17)22(20-9-5-6-10-21(20)25(28)30)24(29)27-19-7-3-2-4-8-19/h5-6,9-14,19,22-23H,2-4,7-8,15-16H2,1H3,(H,27,29)/t22-,23-/m1/s1. The number of benzene rings is 2. The van der Waals surface area contributed by atoms with E-state index >= 15 is 0 Å². The summed E-state index contributed by atoms with van der Waals surface area (Å²) >= 11 is 0. The van der Waals surface area contributed by atoms with E-state index in [9.17, 15) is 14.0 Å². The molecule has 0 saturated heterocycles. The normalized spacial score (nSPS) is 21.6. The van der Waals surface area contributed by atoms with Crippen molar-refractivity contribution in [3.05, 3.63) is 71.0 Å². The molecule has 1 aliphatic heterocycles. The van der Waals surface area contributed by atoms with E-state index in [0.29, 0.717) is 18.7 Å². The number of methoxy groups -OCH3 is 1. The topological polar surface area (TPSA) is 58.6 Å². The summed E-state index contributed by atoms with van der Waals surface area (Å²) in [4.78, 5) is 28.7. The van der Waals surface area contributed by atoms with Gasteiger partial charge in [-0.05, 0) is 42.2 Å². The van der Waals surface area contributed by atoms with E-state index in [4.69, 9.17) is 4.74 Å². The number of carbonyl (C=O) groups is 2. The average molecular weight is 425 g/mol. The Balaban J connectivity index is 1.77. The Kier molecular flexibility index (Phi) is 6.66. The molecule has 0 bridgehead atoms. The highest BCUT2D eigenvalue weighted by atomic mass is 19.1. The van der Waals surface area contributed by atoms with Gasteiger partial charge in [-0.15, -0.1) is 0 Å².